The lowest BCUT2D eigenvalue weighted by Crippen LogP contribution is -2.34. The van der Waals surface area contributed by atoms with E-state index in [-0.39, 0.29) is 11.8 Å². The molecule has 0 bridgehead atoms. The normalized spacial score (nSPS) is 10.2. The summed E-state index contributed by atoms with van der Waals surface area (Å²) in [6, 6.07) is 6.84. The van der Waals surface area contributed by atoms with Gasteiger partial charge in [-0.1, -0.05) is 0 Å². The Morgan fingerprint density at radius 1 is 1.09 bits per heavy atom. The van der Waals surface area contributed by atoms with Crippen molar-refractivity contribution in [3.05, 3.63) is 45.4 Å². The van der Waals surface area contributed by atoms with Crippen LogP contribution in [0.2, 0.25) is 0 Å². The summed E-state index contributed by atoms with van der Waals surface area (Å²) in [5.41, 5.74) is 1.28. The van der Waals surface area contributed by atoms with Crippen LogP contribution in [0.5, 0.6) is 5.75 Å². The molecule has 0 atom stereocenters. The average Bonchev–Trinajstić information content (AvgIpc) is 2.89. The minimum atomic E-state index is -0.188. The maximum atomic E-state index is 12.0. The Morgan fingerprint density at radius 3 is 2.22 bits per heavy atom. The number of thiazole rings is 1. The van der Waals surface area contributed by atoms with Crippen LogP contribution >= 0.6 is 11.3 Å². The van der Waals surface area contributed by atoms with Crippen LogP contribution in [0.25, 0.3) is 0 Å². The molecule has 6 nitrogen and oxygen atoms in total. The molecule has 0 saturated carbocycles. The van der Waals surface area contributed by atoms with Gasteiger partial charge >= 0.3 is 0 Å². The minimum Gasteiger partial charge on any atom is -0.497 e. The monoisotopic (exact) mass is 333 g/mol. The molecule has 0 saturated heterocycles. The maximum absolute atomic E-state index is 12.0. The first-order chi connectivity index (χ1) is 11.0. The summed E-state index contributed by atoms with van der Waals surface area (Å²) in [7, 11) is 1.57. The third-order valence-electron chi connectivity index (χ3n) is 3.16. The largest absolute Gasteiger partial charge is 0.497 e. The molecule has 2 aromatic rings. The summed E-state index contributed by atoms with van der Waals surface area (Å²) in [5.74, 6) is 0.350. The Labute approximate surface area is 138 Å². The highest BCUT2D eigenvalue weighted by atomic mass is 32.1. The zero-order chi connectivity index (χ0) is 16.8. The number of hydrogen-bond donors (Lipinski definition) is 2. The summed E-state index contributed by atoms with van der Waals surface area (Å²) in [5, 5.41) is 6.39. The number of benzene rings is 1. The van der Waals surface area contributed by atoms with E-state index in [1.54, 1.807) is 31.4 Å². The third-order valence-corrected chi connectivity index (χ3v) is 4.23. The lowest BCUT2D eigenvalue weighted by Gasteiger charge is -2.07. The van der Waals surface area contributed by atoms with Gasteiger partial charge in [-0.3, -0.25) is 9.59 Å². The molecule has 0 unspecified atom stereocenters. The molecule has 1 aromatic heterocycles. The molecular formula is C16H19N3O3S. The molecule has 0 radical (unpaired) electrons. The van der Waals surface area contributed by atoms with Crippen LogP contribution < -0.4 is 15.4 Å². The van der Waals surface area contributed by atoms with Crippen LogP contribution in [0.3, 0.4) is 0 Å². The van der Waals surface area contributed by atoms with Gasteiger partial charge in [-0.25, -0.2) is 4.98 Å². The number of nitrogens with zero attached hydrogens (tertiary/aromatic N) is 1. The fourth-order valence-electron chi connectivity index (χ4n) is 2.02. The number of nitrogens with one attached hydrogen (secondary N) is 2. The zero-order valence-corrected chi connectivity index (χ0v) is 14.1. The molecule has 7 heteroatoms. The van der Waals surface area contributed by atoms with Crippen molar-refractivity contribution in [2.45, 2.75) is 13.8 Å². The van der Waals surface area contributed by atoms with Crippen LogP contribution in [-0.2, 0) is 0 Å². The first kappa shape index (κ1) is 17.0. The number of methoxy groups -OCH3 is 1. The van der Waals surface area contributed by atoms with Gasteiger partial charge in [0.1, 0.15) is 10.6 Å². The Kier molecular flexibility index (Phi) is 5.70. The van der Waals surface area contributed by atoms with E-state index in [9.17, 15) is 9.59 Å². The molecular weight excluding hydrogens is 314 g/mol. The van der Waals surface area contributed by atoms with Crippen LogP contribution in [0.1, 0.15) is 30.7 Å². The number of aryl methyl sites for hydroxylation is 2. The van der Waals surface area contributed by atoms with Crippen LogP contribution in [0.15, 0.2) is 24.3 Å². The lowest BCUT2D eigenvalue weighted by atomic mass is 10.2. The molecule has 0 aliphatic heterocycles. The van der Waals surface area contributed by atoms with Gasteiger partial charge in [-0.05, 0) is 38.1 Å². The molecule has 2 rings (SSSR count). The molecule has 2 N–H and O–H groups in total. The molecule has 23 heavy (non-hydrogen) atoms. The van der Waals surface area contributed by atoms with Gasteiger partial charge in [0.2, 0.25) is 0 Å². The van der Waals surface area contributed by atoms with E-state index in [0.29, 0.717) is 29.3 Å². The van der Waals surface area contributed by atoms with E-state index >= 15 is 0 Å². The first-order valence-corrected chi connectivity index (χ1v) is 7.97. The van der Waals surface area contributed by atoms with E-state index in [0.717, 1.165) is 10.7 Å². The Bertz CT molecular complexity index is 695. The topological polar surface area (TPSA) is 80.3 Å². The molecule has 122 valence electrons. The molecule has 1 heterocycles. The molecule has 0 fully saturated rings. The molecule has 2 amide bonds. The highest BCUT2D eigenvalue weighted by Gasteiger charge is 2.13. The number of hydrogen-bond acceptors (Lipinski definition) is 5. The SMILES string of the molecule is COc1ccc(C(=O)NCCNC(=O)c2sc(C)nc2C)cc1. The van der Waals surface area contributed by atoms with Crippen molar-refractivity contribution in [2.24, 2.45) is 0 Å². The van der Waals surface area contributed by atoms with Gasteiger partial charge in [0.05, 0.1) is 17.8 Å². The second-order valence-corrected chi connectivity index (χ2v) is 6.09. The molecule has 0 aliphatic rings. The van der Waals surface area contributed by atoms with Gasteiger partial charge in [-0.15, -0.1) is 11.3 Å². The van der Waals surface area contributed by atoms with E-state index in [1.807, 2.05) is 13.8 Å². The average molecular weight is 333 g/mol. The van der Waals surface area contributed by atoms with E-state index in [1.165, 1.54) is 11.3 Å². The van der Waals surface area contributed by atoms with Crippen molar-refractivity contribution in [1.82, 2.24) is 15.6 Å². The summed E-state index contributed by atoms with van der Waals surface area (Å²) < 4.78 is 5.04. The number of aromatic nitrogens is 1. The van der Waals surface area contributed by atoms with Gasteiger partial charge in [0.25, 0.3) is 11.8 Å². The second-order valence-electron chi connectivity index (χ2n) is 4.89. The summed E-state index contributed by atoms with van der Waals surface area (Å²) in [6.07, 6.45) is 0. The summed E-state index contributed by atoms with van der Waals surface area (Å²) in [6.45, 7) is 4.39. The summed E-state index contributed by atoms with van der Waals surface area (Å²) in [4.78, 5) is 28.8. The number of rotatable bonds is 6. The highest BCUT2D eigenvalue weighted by Crippen LogP contribution is 2.16. The Balaban J connectivity index is 1.77. The van der Waals surface area contributed by atoms with Crippen LogP contribution in [0, 0.1) is 13.8 Å². The number of carbonyl (C=O) groups is 2. The van der Waals surface area contributed by atoms with Crippen molar-refractivity contribution < 1.29 is 14.3 Å². The number of carbonyl (C=O) groups excluding carboxylic acids is 2. The van der Waals surface area contributed by atoms with Gasteiger partial charge in [0, 0.05) is 18.7 Å². The van der Waals surface area contributed by atoms with Gasteiger partial charge in [-0.2, -0.15) is 0 Å². The van der Waals surface area contributed by atoms with Crippen LogP contribution in [0.4, 0.5) is 0 Å². The molecule has 0 spiro atoms. The van der Waals surface area contributed by atoms with Crippen molar-refractivity contribution >= 4 is 23.2 Å². The predicted molar refractivity (Wildman–Crippen MR) is 89.2 cm³/mol. The quantitative estimate of drug-likeness (QED) is 0.792. The molecule has 0 aliphatic carbocycles. The Morgan fingerprint density at radius 2 is 1.70 bits per heavy atom. The first-order valence-electron chi connectivity index (χ1n) is 7.15. The number of amides is 2. The smallest absolute Gasteiger partial charge is 0.263 e. The second kappa shape index (κ2) is 7.73. The Hall–Kier alpha value is -2.41. The fourth-order valence-corrected chi connectivity index (χ4v) is 2.85. The van der Waals surface area contributed by atoms with Gasteiger partial charge in [0.15, 0.2) is 0 Å². The number of ether oxygens (including phenoxy) is 1. The fraction of sp³-hybridized carbons (Fsp3) is 0.312. The minimum absolute atomic E-state index is 0.160. The van der Waals surface area contributed by atoms with Crippen LogP contribution in [-0.4, -0.2) is 37.0 Å². The highest BCUT2D eigenvalue weighted by molar-refractivity contribution is 7.13. The lowest BCUT2D eigenvalue weighted by molar-refractivity contribution is 0.0929. The van der Waals surface area contributed by atoms with Gasteiger partial charge < -0.3 is 15.4 Å². The van der Waals surface area contributed by atoms with E-state index in [2.05, 4.69) is 15.6 Å². The molecule has 1 aromatic carbocycles. The summed E-state index contributed by atoms with van der Waals surface area (Å²) >= 11 is 1.36. The van der Waals surface area contributed by atoms with E-state index in [4.69, 9.17) is 4.74 Å². The zero-order valence-electron chi connectivity index (χ0n) is 13.3. The van der Waals surface area contributed by atoms with Crippen molar-refractivity contribution in [2.75, 3.05) is 20.2 Å². The van der Waals surface area contributed by atoms with Crippen molar-refractivity contribution in [1.29, 1.82) is 0 Å². The maximum Gasteiger partial charge on any atom is 0.263 e. The third kappa shape index (κ3) is 4.53. The van der Waals surface area contributed by atoms with Crippen molar-refractivity contribution in [3.63, 3.8) is 0 Å². The van der Waals surface area contributed by atoms with Crippen molar-refractivity contribution in [3.8, 4) is 5.75 Å². The van der Waals surface area contributed by atoms with E-state index < -0.39 is 0 Å². The standard InChI is InChI=1S/C16H19N3O3S/c1-10-14(23-11(2)19-10)16(21)18-9-8-17-15(20)12-4-6-13(22-3)7-5-12/h4-7H,8-9H2,1-3H3,(H,17,20)(H,18,21). The predicted octanol–water partition coefficient (Wildman–Crippen LogP) is 1.93.